The van der Waals surface area contributed by atoms with Crippen LogP contribution in [0.4, 0.5) is 8.78 Å². The van der Waals surface area contributed by atoms with Crippen molar-refractivity contribution >= 4 is 56.8 Å². The predicted molar refractivity (Wildman–Crippen MR) is 156 cm³/mol. The maximum atomic E-state index is 15.0. The zero-order valence-corrected chi connectivity index (χ0v) is 27.1. The van der Waals surface area contributed by atoms with Crippen LogP contribution in [0.5, 0.6) is 5.75 Å². The summed E-state index contributed by atoms with van der Waals surface area (Å²) in [6.45, 7) is 16.8. The molecular weight excluding hydrogens is 559 g/mol. The fraction of sp³-hybridized carbons (Fsp3) is 0.720. The quantitative estimate of drug-likeness (QED) is 0.104. The third kappa shape index (κ3) is 9.17. The van der Waals surface area contributed by atoms with Crippen molar-refractivity contribution in [1.29, 1.82) is 0 Å². The third-order valence-corrected chi connectivity index (χ3v) is 14.3. The van der Waals surface area contributed by atoms with Crippen LogP contribution in [0.1, 0.15) is 38.7 Å². The molecule has 0 spiro atoms. The summed E-state index contributed by atoms with van der Waals surface area (Å²) in [5.74, 6) is -2.70. The summed E-state index contributed by atoms with van der Waals surface area (Å²) in [6, 6.07) is 4.45. The van der Waals surface area contributed by atoms with E-state index in [1.165, 1.54) is 0 Å². The number of hydrogen-bond donors (Lipinski definition) is 0. The second-order valence-corrected chi connectivity index (χ2v) is 24.0. The summed E-state index contributed by atoms with van der Waals surface area (Å²) >= 11 is 18.4. The second-order valence-electron chi connectivity index (χ2n) is 12.3. The number of benzene rings is 1. The zero-order valence-electron chi connectivity index (χ0n) is 22.8. The van der Waals surface area contributed by atoms with Gasteiger partial charge in [-0.2, -0.15) is 0 Å². The molecule has 0 aromatic heterocycles. The molecule has 1 aliphatic heterocycles. The molecule has 206 valence electrons. The molecule has 1 fully saturated rings. The van der Waals surface area contributed by atoms with Crippen LogP contribution in [0.2, 0.25) is 53.9 Å². The summed E-state index contributed by atoms with van der Waals surface area (Å²) in [5.41, 5.74) is 0.684. The maximum Gasteiger partial charge on any atom is 0.286 e. The monoisotopic (exact) mass is 599 g/mol. The Hall–Kier alpha value is -0.296. The molecule has 1 aromatic carbocycles. The van der Waals surface area contributed by atoms with Gasteiger partial charge in [0.1, 0.15) is 5.75 Å². The van der Waals surface area contributed by atoms with Gasteiger partial charge in [-0.25, -0.2) is 8.78 Å². The van der Waals surface area contributed by atoms with E-state index in [-0.39, 0.29) is 17.7 Å². The number of likely N-dealkylation sites (tertiary alicyclic amines) is 1. The standard InChI is InChI=1S/C25H41Cl2F2NO3SSi2/c1-24(2,3)36(7,8)33-16-25(28,29)15-30-14-18(13-21(30)34)22-20(10-9-19(26)23(22)27)32-17-31-11-12-35(4,5)6/h9-10,18H,11-17H2,1-8H3. The lowest BCUT2D eigenvalue weighted by molar-refractivity contribution is -0.0568. The highest BCUT2D eigenvalue weighted by molar-refractivity contribution is 7.80. The van der Waals surface area contributed by atoms with Crippen LogP contribution in [0.3, 0.4) is 0 Å². The SMILES string of the molecule is CC(C)(C)[Si](C)(C)OCC(F)(F)CN1CC(c2c(OCOCC[Si](C)(C)C)ccc(Cl)c2Cl)CC1=S. The first-order chi connectivity index (χ1) is 16.3. The Labute approximate surface area is 233 Å². The molecule has 4 nitrogen and oxygen atoms in total. The molecule has 1 aromatic rings. The highest BCUT2D eigenvalue weighted by atomic mass is 35.5. The minimum Gasteiger partial charge on any atom is -0.467 e. The van der Waals surface area contributed by atoms with E-state index in [1.54, 1.807) is 17.0 Å². The lowest BCUT2D eigenvalue weighted by atomic mass is 9.97. The first kappa shape index (κ1) is 31.9. The number of alkyl halides is 2. The van der Waals surface area contributed by atoms with Gasteiger partial charge in [0.2, 0.25) is 0 Å². The molecule has 0 aliphatic carbocycles. The average Bonchev–Trinajstić information content (AvgIpc) is 3.06. The van der Waals surface area contributed by atoms with Crippen molar-refractivity contribution in [2.75, 3.05) is 33.1 Å². The van der Waals surface area contributed by atoms with Crippen molar-refractivity contribution in [3.63, 3.8) is 0 Å². The molecule has 1 saturated heterocycles. The summed E-state index contributed by atoms with van der Waals surface area (Å²) in [7, 11) is -3.50. The molecule has 36 heavy (non-hydrogen) atoms. The third-order valence-electron chi connectivity index (χ3n) is 6.88. The van der Waals surface area contributed by atoms with Crippen molar-refractivity contribution in [3.8, 4) is 5.75 Å². The Morgan fingerprint density at radius 1 is 1.11 bits per heavy atom. The number of ether oxygens (including phenoxy) is 2. The van der Waals surface area contributed by atoms with E-state index in [9.17, 15) is 8.78 Å². The molecular formula is C25H41Cl2F2NO3SSi2. The molecule has 1 heterocycles. The molecule has 0 bridgehead atoms. The minimum absolute atomic E-state index is 0.0825. The number of nitrogens with zero attached hydrogens (tertiary/aromatic N) is 1. The van der Waals surface area contributed by atoms with E-state index in [0.717, 1.165) is 6.04 Å². The van der Waals surface area contributed by atoms with E-state index >= 15 is 0 Å². The van der Waals surface area contributed by atoms with Gasteiger partial charge in [-0.05, 0) is 36.3 Å². The number of hydrogen-bond acceptors (Lipinski definition) is 4. The van der Waals surface area contributed by atoms with Crippen LogP contribution in [-0.4, -0.2) is 65.3 Å². The molecule has 0 saturated carbocycles. The average molecular weight is 601 g/mol. The molecule has 1 aliphatic rings. The van der Waals surface area contributed by atoms with Crippen molar-refractivity contribution in [2.45, 2.75) is 82.8 Å². The van der Waals surface area contributed by atoms with E-state index in [1.807, 2.05) is 33.9 Å². The Morgan fingerprint density at radius 3 is 2.33 bits per heavy atom. The van der Waals surface area contributed by atoms with Gasteiger partial charge in [0.25, 0.3) is 5.92 Å². The molecule has 0 N–H and O–H groups in total. The predicted octanol–water partition coefficient (Wildman–Crippen LogP) is 8.46. The van der Waals surface area contributed by atoms with Crippen LogP contribution in [-0.2, 0) is 9.16 Å². The number of halogens is 4. The fourth-order valence-corrected chi connectivity index (χ4v) is 6.12. The lowest BCUT2D eigenvalue weighted by Gasteiger charge is -2.37. The Balaban J connectivity index is 2.07. The zero-order chi connectivity index (χ0) is 27.5. The van der Waals surface area contributed by atoms with Crippen molar-refractivity contribution in [1.82, 2.24) is 4.90 Å². The van der Waals surface area contributed by atoms with Crippen LogP contribution in [0.15, 0.2) is 12.1 Å². The summed E-state index contributed by atoms with van der Waals surface area (Å²) in [5, 5.41) is 0.602. The van der Waals surface area contributed by atoms with Gasteiger partial charge in [-0.3, -0.25) is 0 Å². The first-order valence-corrected chi connectivity index (χ1v) is 20.1. The van der Waals surface area contributed by atoms with Crippen molar-refractivity contribution in [3.05, 3.63) is 27.7 Å². The molecule has 2 rings (SSSR count). The second kappa shape index (κ2) is 12.3. The summed E-state index contributed by atoms with van der Waals surface area (Å²) in [4.78, 5) is 2.03. The number of rotatable bonds is 12. The first-order valence-electron chi connectivity index (χ1n) is 12.3. The highest BCUT2D eigenvalue weighted by Gasteiger charge is 2.43. The Kier molecular flexibility index (Phi) is 10.9. The van der Waals surface area contributed by atoms with Gasteiger partial charge in [-0.15, -0.1) is 0 Å². The summed E-state index contributed by atoms with van der Waals surface area (Å²) < 4.78 is 47.3. The molecule has 11 heteroatoms. The van der Waals surface area contributed by atoms with Gasteiger partial charge in [0.15, 0.2) is 15.1 Å². The van der Waals surface area contributed by atoms with E-state index in [2.05, 4.69) is 19.6 Å². The fourth-order valence-electron chi connectivity index (χ4n) is 3.54. The van der Waals surface area contributed by atoms with Crippen molar-refractivity contribution in [2.24, 2.45) is 0 Å². The van der Waals surface area contributed by atoms with Crippen LogP contribution in [0.25, 0.3) is 0 Å². The van der Waals surface area contributed by atoms with Gasteiger partial charge in [-0.1, -0.05) is 75.8 Å². The van der Waals surface area contributed by atoms with Crippen molar-refractivity contribution < 1.29 is 22.7 Å². The van der Waals surface area contributed by atoms with Gasteiger partial charge < -0.3 is 18.8 Å². The van der Waals surface area contributed by atoms with Crippen LogP contribution in [0, 0.1) is 0 Å². The molecule has 0 radical (unpaired) electrons. The topological polar surface area (TPSA) is 30.9 Å². The smallest absolute Gasteiger partial charge is 0.286 e. The molecule has 0 amide bonds. The van der Waals surface area contributed by atoms with Gasteiger partial charge in [0.05, 0.1) is 28.2 Å². The lowest BCUT2D eigenvalue weighted by Crippen LogP contribution is -2.47. The molecule has 1 unspecified atom stereocenters. The molecule has 1 atom stereocenters. The Morgan fingerprint density at radius 2 is 1.75 bits per heavy atom. The van der Waals surface area contributed by atoms with E-state index in [0.29, 0.717) is 45.9 Å². The number of thiocarbonyl (C=S) groups is 1. The normalized spacial score (nSPS) is 17.7. The van der Waals surface area contributed by atoms with Crippen LogP contribution >= 0.6 is 35.4 Å². The van der Waals surface area contributed by atoms with Crippen LogP contribution < -0.4 is 4.74 Å². The van der Waals surface area contributed by atoms with E-state index in [4.69, 9.17) is 49.3 Å². The Bertz CT molecular complexity index is 924. The minimum atomic E-state index is -3.03. The largest absolute Gasteiger partial charge is 0.467 e. The van der Waals surface area contributed by atoms with E-state index < -0.39 is 35.5 Å². The van der Waals surface area contributed by atoms with Gasteiger partial charge in [0, 0.05) is 39.1 Å². The highest BCUT2D eigenvalue weighted by Crippen LogP contribution is 2.43. The maximum absolute atomic E-state index is 15.0. The summed E-state index contributed by atoms with van der Waals surface area (Å²) in [6.07, 6.45) is 0.418. The van der Waals surface area contributed by atoms with Gasteiger partial charge >= 0.3 is 0 Å².